The molecular weight excluding hydrogens is 605 g/mol. The van der Waals surface area contributed by atoms with Crippen LogP contribution >= 0.6 is 0 Å². The van der Waals surface area contributed by atoms with Gasteiger partial charge in [-0.25, -0.2) is 0 Å². The van der Waals surface area contributed by atoms with Gasteiger partial charge in [0.2, 0.25) is 0 Å². The maximum absolute atomic E-state index is 3.92. The maximum atomic E-state index is 3.92. The Hall–Kier alpha value is -6.12. The van der Waals surface area contributed by atoms with Gasteiger partial charge in [0.15, 0.2) is 0 Å². The minimum atomic E-state index is 0.269. The van der Waals surface area contributed by atoms with Gasteiger partial charge in [-0.05, 0) is 93.3 Å². The second-order valence-corrected chi connectivity index (χ2v) is 13.0. The first-order valence-corrected chi connectivity index (χ1v) is 17.5. The van der Waals surface area contributed by atoms with Gasteiger partial charge in [-0.3, -0.25) is 0 Å². The Morgan fingerprint density at radius 3 is 2.20 bits per heavy atom. The average Bonchev–Trinajstić information content (AvgIpc) is 3.50. The lowest BCUT2D eigenvalue weighted by Gasteiger charge is -2.26. The number of hydrogen-bond donors (Lipinski definition) is 1. The highest BCUT2D eigenvalue weighted by Gasteiger charge is 2.35. The smallest absolute Gasteiger partial charge is 0.0624 e. The van der Waals surface area contributed by atoms with Gasteiger partial charge in [0.05, 0.1) is 6.04 Å². The highest BCUT2D eigenvalue weighted by molar-refractivity contribution is 5.90. The molecule has 2 aliphatic carbocycles. The minimum Gasteiger partial charge on any atom is -0.356 e. The highest BCUT2D eigenvalue weighted by atomic mass is 15.2. The van der Waals surface area contributed by atoms with Crippen molar-refractivity contribution in [2.75, 3.05) is 10.2 Å². The highest BCUT2D eigenvalue weighted by Crippen LogP contribution is 2.44. The van der Waals surface area contributed by atoms with Gasteiger partial charge in [-0.2, -0.15) is 0 Å². The number of anilines is 3. The van der Waals surface area contributed by atoms with Crippen molar-refractivity contribution in [3.05, 3.63) is 217 Å². The lowest BCUT2D eigenvalue weighted by molar-refractivity contribution is 0.741. The van der Waals surface area contributed by atoms with Crippen LogP contribution in [-0.2, 0) is 0 Å². The zero-order valence-corrected chi connectivity index (χ0v) is 28.1. The first-order valence-electron chi connectivity index (χ1n) is 17.5. The monoisotopic (exact) mass is 644 g/mol. The lowest BCUT2D eigenvalue weighted by Crippen LogP contribution is -2.28. The number of hydrogen-bond acceptors (Lipinski definition) is 2. The number of nitrogens with one attached hydrogen (secondary N) is 1. The van der Waals surface area contributed by atoms with Gasteiger partial charge in [0.25, 0.3) is 0 Å². The van der Waals surface area contributed by atoms with Crippen molar-refractivity contribution in [3.63, 3.8) is 0 Å². The van der Waals surface area contributed by atoms with Crippen LogP contribution in [0.5, 0.6) is 0 Å². The van der Waals surface area contributed by atoms with E-state index < -0.39 is 0 Å². The number of allylic oxidation sites excluding steroid dienone is 10. The Bertz CT molecular complexity index is 2190. The van der Waals surface area contributed by atoms with Crippen molar-refractivity contribution < 1.29 is 0 Å². The molecule has 0 spiro atoms. The Balaban J connectivity index is 0.996. The summed E-state index contributed by atoms with van der Waals surface area (Å²) in [6, 6.07) is 46.0. The second kappa shape index (κ2) is 14.2. The Morgan fingerprint density at radius 1 is 0.700 bits per heavy atom. The third-order valence-electron chi connectivity index (χ3n) is 9.88. The molecule has 1 N–H and O–H groups in total. The van der Waals surface area contributed by atoms with Crippen LogP contribution in [0.4, 0.5) is 17.1 Å². The largest absolute Gasteiger partial charge is 0.356 e. The average molecular weight is 645 g/mol. The minimum absolute atomic E-state index is 0.269. The summed E-state index contributed by atoms with van der Waals surface area (Å²) in [6.07, 6.45) is 24.0. The first kappa shape index (κ1) is 31.2. The molecule has 1 heterocycles. The van der Waals surface area contributed by atoms with Crippen molar-refractivity contribution in [1.82, 2.24) is 0 Å². The van der Waals surface area contributed by atoms with Crippen LogP contribution in [-0.4, -0.2) is 6.04 Å². The first-order chi connectivity index (χ1) is 24.7. The topological polar surface area (TPSA) is 15.3 Å². The summed E-state index contributed by atoms with van der Waals surface area (Å²) < 4.78 is 0. The quantitative estimate of drug-likeness (QED) is 0.161. The number of para-hydroxylation sites is 1. The van der Waals surface area contributed by atoms with E-state index in [1.54, 1.807) is 0 Å². The van der Waals surface area contributed by atoms with Gasteiger partial charge >= 0.3 is 0 Å². The van der Waals surface area contributed by atoms with Crippen LogP contribution in [0.3, 0.4) is 0 Å². The molecule has 2 heteroatoms. The zero-order chi connectivity index (χ0) is 33.7. The van der Waals surface area contributed by atoms with Crippen molar-refractivity contribution in [2.24, 2.45) is 0 Å². The van der Waals surface area contributed by atoms with Crippen LogP contribution in [0.1, 0.15) is 41.0 Å². The SMILES string of the molecule is C=C/C=C\C(=C/N1c2ccccc2C2C=CC=CC21)c1ccc(Nc2ccc(C3=CCCC(c4ccccc4-c4ccccc4)=C3)cc2)cc1. The van der Waals surface area contributed by atoms with Gasteiger partial charge < -0.3 is 10.2 Å². The maximum Gasteiger partial charge on any atom is 0.0624 e. The molecule has 0 saturated heterocycles. The van der Waals surface area contributed by atoms with Crippen molar-refractivity contribution >= 4 is 33.8 Å². The summed E-state index contributed by atoms with van der Waals surface area (Å²) in [5, 5.41) is 3.61. The van der Waals surface area contributed by atoms with E-state index in [2.05, 4.69) is 193 Å². The molecule has 2 nitrogen and oxygen atoms in total. The normalized spacial score (nSPS) is 18.0. The summed E-state index contributed by atoms with van der Waals surface area (Å²) >= 11 is 0. The molecule has 5 aromatic carbocycles. The van der Waals surface area contributed by atoms with E-state index in [0.29, 0.717) is 5.92 Å². The van der Waals surface area contributed by atoms with Crippen LogP contribution in [0, 0.1) is 0 Å². The summed E-state index contributed by atoms with van der Waals surface area (Å²) in [5.74, 6) is 0.360. The molecule has 242 valence electrons. The van der Waals surface area contributed by atoms with E-state index in [4.69, 9.17) is 0 Å². The molecule has 0 radical (unpaired) electrons. The van der Waals surface area contributed by atoms with Crippen LogP contribution in [0.15, 0.2) is 195 Å². The van der Waals surface area contributed by atoms with E-state index in [9.17, 15) is 0 Å². The van der Waals surface area contributed by atoms with Gasteiger partial charge in [0, 0.05) is 29.2 Å². The number of nitrogens with zero attached hydrogens (tertiary/aromatic N) is 1. The molecule has 5 aromatic rings. The van der Waals surface area contributed by atoms with Gasteiger partial charge in [-0.15, -0.1) is 0 Å². The standard InChI is InChI=1S/C48H40N2/c1-2-3-14-40(34-50-47-23-11-9-21-45(47)46-22-10-12-24-48(46)50)36-27-31-42(32-28-36)49-41-29-25-35(26-30-41)38-17-13-18-39(33-38)44-20-8-7-19-43(44)37-15-5-4-6-16-37/h2-12,14-17,19-34,45,47,49H,1,13,18H2/b14-3-,40-34+. The summed E-state index contributed by atoms with van der Waals surface area (Å²) in [6.45, 7) is 3.92. The molecular formula is C48H40N2. The molecule has 0 amide bonds. The van der Waals surface area contributed by atoms with Gasteiger partial charge in [-0.1, -0.05) is 158 Å². The predicted molar refractivity (Wildman–Crippen MR) is 214 cm³/mol. The summed E-state index contributed by atoms with van der Waals surface area (Å²) in [5.41, 5.74) is 14.8. The number of benzene rings is 5. The molecule has 1 aliphatic heterocycles. The fourth-order valence-corrected chi connectivity index (χ4v) is 7.41. The van der Waals surface area contributed by atoms with Crippen LogP contribution < -0.4 is 10.2 Å². The number of fused-ring (bicyclic) bond motifs is 3. The van der Waals surface area contributed by atoms with Crippen molar-refractivity contribution in [3.8, 4) is 11.1 Å². The number of rotatable bonds is 9. The van der Waals surface area contributed by atoms with E-state index in [-0.39, 0.29) is 6.04 Å². The Kier molecular flexibility index (Phi) is 8.83. The fourth-order valence-electron chi connectivity index (χ4n) is 7.41. The Morgan fingerprint density at radius 2 is 1.40 bits per heavy atom. The summed E-state index contributed by atoms with van der Waals surface area (Å²) in [7, 11) is 0. The third kappa shape index (κ3) is 6.36. The molecule has 8 rings (SSSR count). The van der Waals surface area contributed by atoms with E-state index in [1.165, 1.54) is 44.7 Å². The van der Waals surface area contributed by atoms with E-state index >= 15 is 0 Å². The molecule has 50 heavy (non-hydrogen) atoms. The molecule has 0 saturated carbocycles. The van der Waals surface area contributed by atoms with Crippen LogP contribution in [0.2, 0.25) is 0 Å². The lowest BCUT2D eigenvalue weighted by atomic mass is 9.87. The second-order valence-electron chi connectivity index (χ2n) is 13.0. The molecule has 0 fully saturated rings. The van der Waals surface area contributed by atoms with E-state index in [1.807, 2.05) is 12.2 Å². The molecule has 2 unspecified atom stereocenters. The van der Waals surface area contributed by atoms with Crippen LogP contribution in [0.25, 0.3) is 27.8 Å². The zero-order valence-electron chi connectivity index (χ0n) is 28.1. The van der Waals surface area contributed by atoms with Crippen molar-refractivity contribution in [1.29, 1.82) is 0 Å². The Labute approximate surface area is 296 Å². The molecule has 0 bridgehead atoms. The summed E-state index contributed by atoms with van der Waals surface area (Å²) in [4.78, 5) is 2.42. The molecule has 3 aliphatic rings. The predicted octanol–water partition coefficient (Wildman–Crippen LogP) is 12.5. The van der Waals surface area contributed by atoms with Crippen molar-refractivity contribution in [2.45, 2.75) is 24.8 Å². The molecule has 2 atom stereocenters. The van der Waals surface area contributed by atoms with Gasteiger partial charge in [0.1, 0.15) is 0 Å². The third-order valence-corrected chi connectivity index (χ3v) is 9.88. The molecule has 0 aromatic heterocycles. The van der Waals surface area contributed by atoms with E-state index in [0.717, 1.165) is 35.4 Å². The fraction of sp³-hybridized carbons (Fsp3) is 0.0833.